The summed E-state index contributed by atoms with van der Waals surface area (Å²) >= 11 is 0. The Morgan fingerprint density at radius 2 is 2.20 bits per heavy atom. The average Bonchev–Trinajstić information content (AvgIpc) is 3.10. The van der Waals surface area contributed by atoms with Crippen molar-refractivity contribution in [2.75, 3.05) is 32.8 Å². The van der Waals surface area contributed by atoms with Crippen LogP contribution in [-0.2, 0) is 4.74 Å². The van der Waals surface area contributed by atoms with Crippen LogP contribution < -0.4 is 5.32 Å². The summed E-state index contributed by atoms with van der Waals surface area (Å²) < 4.78 is 11.1. The molecular formula is C14H24N4O2. The summed E-state index contributed by atoms with van der Waals surface area (Å²) in [6.45, 7) is 9.22. The third kappa shape index (κ3) is 2.73. The van der Waals surface area contributed by atoms with Crippen LogP contribution in [0.2, 0.25) is 0 Å². The lowest BCUT2D eigenvalue weighted by Gasteiger charge is -2.32. The molecule has 3 heterocycles. The number of hydrogen-bond donors (Lipinski definition) is 1. The average molecular weight is 280 g/mol. The highest BCUT2D eigenvalue weighted by Gasteiger charge is 2.32. The van der Waals surface area contributed by atoms with Crippen LogP contribution >= 0.6 is 0 Å². The Kier molecular flexibility index (Phi) is 4.33. The maximum absolute atomic E-state index is 5.59. The molecule has 3 rings (SSSR count). The Morgan fingerprint density at radius 1 is 1.40 bits per heavy atom. The minimum atomic E-state index is 0.183. The third-order valence-electron chi connectivity index (χ3n) is 4.43. The van der Waals surface area contributed by atoms with Crippen LogP contribution in [0.15, 0.2) is 4.52 Å². The lowest BCUT2D eigenvalue weighted by molar-refractivity contribution is 0.113. The van der Waals surface area contributed by atoms with Gasteiger partial charge in [0.05, 0.1) is 18.1 Å². The molecule has 1 aromatic heterocycles. The summed E-state index contributed by atoms with van der Waals surface area (Å²) in [6.07, 6.45) is 2.17. The molecule has 20 heavy (non-hydrogen) atoms. The zero-order valence-corrected chi connectivity index (χ0v) is 12.3. The molecule has 1 N–H and O–H groups in total. The van der Waals surface area contributed by atoms with Crippen LogP contribution in [0.5, 0.6) is 0 Å². The van der Waals surface area contributed by atoms with E-state index in [1.165, 1.54) is 0 Å². The summed E-state index contributed by atoms with van der Waals surface area (Å²) in [4.78, 5) is 7.11. The maximum atomic E-state index is 5.59. The van der Waals surface area contributed by atoms with Crippen molar-refractivity contribution in [1.29, 1.82) is 0 Å². The van der Waals surface area contributed by atoms with Crippen molar-refractivity contribution in [3.8, 4) is 0 Å². The first-order chi connectivity index (χ1) is 9.79. The number of hydrogen-bond acceptors (Lipinski definition) is 6. The van der Waals surface area contributed by atoms with Gasteiger partial charge in [-0.15, -0.1) is 0 Å². The van der Waals surface area contributed by atoms with Crippen molar-refractivity contribution < 1.29 is 9.26 Å². The van der Waals surface area contributed by atoms with E-state index in [0.29, 0.717) is 0 Å². The molecule has 3 atom stereocenters. The molecule has 0 bridgehead atoms. The minimum Gasteiger partial charge on any atom is -0.378 e. The van der Waals surface area contributed by atoms with E-state index < -0.39 is 0 Å². The molecule has 112 valence electrons. The van der Waals surface area contributed by atoms with Crippen molar-refractivity contribution in [2.24, 2.45) is 0 Å². The van der Waals surface area contributed by atoms with Gasteiger partial charge in [0.25, 0.3) is 0 Å². The van der Waals surface area contributed by atoms with Gasteiger partial charge < -0.3 is 14.6 Å². The first-order valence-corrected chi connectivity index (χ1v) is 7.69. The zero-order valence-electron chi connectivity index (χ0n) is 12.3. The Morgan fingerprint density at radius 3 is 2.85 bits per heavy atom. The van der Waals surface area contributed by atoms with E-state index in [9.17, 15) is 0 Å². The minimum absolute atomic E-state index is 0.183. The molecule has 3 unspecified atom stereocenters. The Bertz CT molecular complexity index is 431. The molecule has 0 saturated carbocycles. The number of nitrogens with zero attached hydrogens (tertiary/aromatic N) is 3. The SMILES string of the molecule is CCC(c1noc(C2CCOC2C)n1)N1CCNCC1. The van der Waals surface area contributed by atoms with Crippen molar-refractivity contribution >= 4 is 0 Å². The molecule has 0 amide bonds. The molecule has 6 heteroatoms. The summed E-state index contributed by atoms with van der Waals surface area (Å²) in [7, 11) is 0. The predicted molar refractivity (Wildman–Crippen MR) is 74.5 cm³/mol. The number of aromatic nitrogens is 2. The third-order valence-corrected chi connectivity index (χ3v) is 4.43. The normalized spacial score (nSPS) is 29.7. The lowest BCUT2D eigenvalue weighted by atomic mass is 10.0. The highest BCUT2D eigenvalue weighted by atomic mass is 16.5. The van der Waals surface area contributed by atoms with E-state index in [0.717, 1.165) is 57.3 Å². The lowest BCUT2D eigenvalue weighted by Crippen LogP contribution is -2.45. The van der Waals surface area contributed by atoms with E-state index in [2.05, 4.69) is 34.2 Å². The van der Waals surface area contributed by atoms with Gasteiger partial charge in [-0.3, -0.25) is 4.90 Å². The molecule has 1 aromatic rings. The number of rotatable bonds is 4. The highest BCUT2D eigenvalue weighted by molar-refractivity contribution is 5.02. The van der Waals surface area contributed by atoms with E-state index in [4.69, 9.17) is 9.26 Å². The molecule has 6 nitrogen and oxygen atoms in total. The van der Waals surface area contributed by atoms with Gasteiger partial charge in [0.2, 0.25) is 5.89 Å². The van der Waals surface area contributed by atoms with E-state index >= 15 is 0 Å². The van der Waals surface area contributed by atoms with Crippen LogP contribution in [-0.4, -0.2) is 53.9 Å². The fourth-order valence-electron chi connectivity index (χ4n) is 3.19. The second-order valence-corrected chi connectivity index (χ2v) is 5.67. The molecule has 0 radical (unpaired) electrons. The van der Waals surface area contributed by atoms with Crippen LogP contribution in [0.4, 0.5) is 0 Å². The van der Waals surface area contributed by atoms with Crippen molar-refractivity contribution in [3.05, 3.63) is 11.7 Å². The topological polar surface area (TPSA) is 63.4 Å². The van der Waals surface area contributed by atoms with Gasteiger partial charge in [-0.05, 0) is 19.8 Å². The molecule has 2 saturated heterocycles. The fraction of sp³-hybridized carbons (Fsp3) is 0.857. The largest absolute Gasteiger partial charge is 0.378 e. The maximum Gasteiger partial charge on any atom is 0.232 e. The summed E-state index contributed by atoms with van der Waals surface area (Å²) in [5, 5.41) is 7.62. The second kappa shape index (κ2) is 6.20. The standard InChI is InChI=1S/C14H24N4O2/c1-3-12(18-7-5-15-6-8-18)13-16-14(20-17-13)11-4-9-19-10(11)2/h10-12,15H,3-9H2,1-2H3. The second-order valence-electron chi connectivity index (χ2n) is 5.67. The Labute approximate surface area is 119 Å². The summed E-state index contributed by atoms with van der Waals surface area (Å²) in [6, 6.07) is 0.271. The van der Waals surface area contributed by atoms with Gasteiger partial charge in [0.15, 0.2) is 5.82 Å². The van der Waals surface area contributed by atoms with Gasteiger partial charge >= 0.3 is 0 Å². The first-order valence-electron chi connectivity index (χ1n) is 7.69. The number of ether oxygens (including phenoxy) is 1. The fourth-order valence-corrected chi connectivity index (χ4v) is 3.19. The molecule has 2 aliphatic heterocycles. The smallest absolute Gasteiger partial charge is 0.232 e. The Balaban J connectivity index is 1.73. The van der Waals surface area contributed by atoms with Crippen molar-refractivity contribution in [3.63, 3.8) is 0 Å². The monoisotopic (exact) mass is 280 g/mol. The van der Waals surface area contributed by atoms with E-state index in [1.54, 1.807) is 0 Å². The molecule has 0 spiro atoms. The molecule has 2 aliphatic rings. The molecule has 0 aromatic carbocycles. The van der Waals surface area contributed by atoms with Crippen LogP contribution in [0.25, 0.3) is 0 Å². The van der Waals surface area contributed by atoms with Gasteiger partial charge in [-0.25, -0.2) is 0 Å². The molecular weight excluding hydrogens is 256 g/mol. The Hall–Kier alpha value is -0.980. The van der Waals surface area contributed by atoms with Crippen molar-refractivity contribution in [1.82, 2.24) is 20.4 Å². The van der Waals surface area contributed by atoms with Crippen molar-refractivity contribution in [2.45, 2.75) is 44.8 Å². The quantitative estimate of drug-likeness (QED) is 0.897. The summed E-state index contributed by atoms with van der Waals surface area (Å²) in [5.74, 6) is 1.85. The van der Waals surface area contributed by atoms with Gasteiger partial charge in [-0.1, -0.05) is 12.1 Å². The first kappa shape index (κ1) is 14.0. The highest BCUT2D eigenvalue weighted by Crippen LogP contribution is 2.31. The number of piperazine rings is 1. The van der Waals surface area contributed by atoms with Crippen LogP contribution in [0.1, 0.15) is 50.4 Å². The zero-order chi connectivity index (χ0) is 13.9. The number of nitrogens with one attached hydrogen (secondary N) is 1. The molecule has 2 fully saturated rings. The van der Waals surface area contributed by atoms with E-state index in [-0.39, 0.29) is 18.1 Å². The van der Waals surface area contributed by atoms with Gasteiger partial charge in [0.1, 0.15) is 0 Å². The van der Waals surface area contributed by atoms with Crippen LogP contribution in [0.3, 0.4) is 0 Å². The predicted octanol–water partition coefficient (Wildman–Crippen LogP) is 1.32. The van der Waals surface area contributed by atoms with Gasteiger partial charge in [-0.2, -0.15) is 4.98 Å². The van der Waals surface area contributed by atoms with Crippen LogP contribution in [0, 0.1) is 0 Å². The van der Waals surface area contributed by atoms with E-state index in [1.807, 2.05) is 0 Å². The molecule has 0 aliphatic carbocycles. The van der Waals surface area contributed by atoms with Gasteiger partial charge in [0, 0.05) is 32.8 Å². The summed E-state index contributed by atoms with van der Waals surface area (Å²) in [5.41, 5.74) is 0.